The molecule has 2 heterocycles. The predicted octanol–water partition coefficient (Wildman–Crippen LogP) is 5.80. The number of aromatic nitrogens is 1. The molecule has 0 fully saturated rings. The Hall–Kier alpha value is -2.10. The molecule has 1 N–H and O–H groups in total. The summed E-state index contributed by atoms with van der Waals surface area (Å²) in [5.41, 5.74) is 4.89. The van der Waals surface area contributed by atoms with Gasteiger partial charge in [-0.25, -0.2) is 0 Å². The lowest BCUT2D eigenvalue weighted by atomic mass is 9.99. The van der Waals surface area contributed by atoms with Crippen LogP contribution in [0.3, 0.4) is 0 Å². The maximum absolute atomic E-state index is 6.17. The summed E-state index contributed by atoms with van der Waals surface area (Å²) in [5.74, 6) is 0. The molecule has 114 valence electrons. The first-order valence-electron chi connectivity index (χ1n) is 7.28. The Morgan fingerprint density at radius 3 is 2.74 bits per heavy atom. The lowest BCUT2D eigenvalue weighted by molar-refractivity contribution is 1.01. The summed E-state index contributed by atoms with van der Waals surface area (Å²) in [5, 5.41) is 5.74. The van der Waals surface area contributed by atoms with E-state index in [1.165, 1.54) is 0 Å². The molecule has 1 aliphatic heterocycles. The van der Waals surface area contributed by atoms with Crippen molar-refractivity contribution in [3.05, 3.63) is 64.3 Å². The second kappa shape index (κ2) is 5.52. The van der Waals surface area contributed by atoms with Gasteiger partial charge in [-0.15, -0.1) is 0 Å². The van der Waals surface area contributed by atoms with E-state index in [9.17, 15) is 0 Å². The molecule has 0 spiro atoms. The first-order valence-corrected chi connectivity index (χ1v) is 8.03. The van der Waals surface area contributed by atoms with E-state index in [0.717, 1.165) is 33.6 Å². The summed E-state index contributed by atoms with van der Waals surface area (Å²) in [6.45, 7) is 2.01. The van der Waals surface area contributed by atoms with Crippen LogP contribution in [-0.4, -0.2) is 10.7 Å². The van der Waals surface area contributed by atoms with Crippen LogP contribution in [0, 0.1) is 0 Å². The molecule has 0 aliphatic carbocycles. The molecule has 0 saturated carbocycles. The zero-order valence-corrected chi connectivity index (χ0v) is 13.9. The number of anilines is 1. The molecule has 0 bridgehead atoms. The fourth-order valence-electron chi connectivity index (χ4n) is 2.91. The minimum atomic E-state index is -0.0388. The Morgan fingerprint density at radius 1 is 1.04 bits per heavy atom. The van der Waals surface area contributed by atoms with E-state index < -0.39 is 0 Å². The summed E-state index contributed by atoms with van der Waals surface area (Å²) in [7, 11) is 0. The monoisotopic (exact) mass is 341 g/mol. The highest BCUT2D eigenvalue weighted by Crippen LogP contribution is 2.40. The fraction of sp³-hybridized carbons (Fsp3) is 0.111. The minimum absolute atomic E-state index is 0.0388. The van der Waals surface area contributed by atoms with E-state index in [2.05, 4.69) is 16.4 Å². The molecule has 5 heteroatoms. The summed E-state index contributed by atoms with van der Waals surface area (Å²) in [6.07, 6.45) is 1.79. The molecule has 0 radical (unpaired) electrons. The van der Waals surface area contributed by atoms with Crippen LogP contribution in [-0.2, 0) is 0 Å². The molecule has 1 atom stereocenters. The van der Waals surface area contributed by atoms with Crippen molar-refractivity contribution in [2.45, 2.75) is 13.0 Å². The molecule has 23 heavy (non-hydrogen) atoms. The maximum atomic E-state index is 6.17. The Kier molecular flexibility index (Phi) is 3.47. The van der Waals surface area contributed by atoms with Crippen LogP contribution in [0.1, 0.15) is 18.5 Å². The van der Waals surface area contributed by atoms with Gasteiger partial charge in [-0.1, -0.05) is 29.3 Å². The number of hydrogen-bond acceptors (Lipinski definition) is 3. The number of fused-ring (bicyclic) bond motifs is 3. The van der Waals surface area contributed by atoms with E-state index in [0.29, 0.717) is 10.0 Å². The lowest BCUT2D eigenvalue weighted by Gasteiger charge is -2.27. The highest BCUT2D eigenvalue weighted by molar-refractivity contribution is 6.42. The highest BCUT2D eigenvalue weighted by atomic mass is 35.5. The SMILES string of the molecule is CC1=Nc2ccc3ncccc3c2NC1c1ccc(Cl)c(Cl)c1. The number of aliphatic imine (C=N–C) groups is 1. The number of rotatable bonds is 1. The summed E-state index contributed by atoms with van der Waals surface area (Å²) < 4.78 is 0. The van der Waals surface area contributed by atoms with Gasteiger partial charge in [0, 0.05) is 17.3 Å². The Labute approximate surface area is 144 Å². The number of hydrogen-bond donors (Lipinski definition) is 1. The van der Waals surface area contributed by atoms with Gasteiger partial charge in [-0.3, -0.25) is 9.98 Å². The third-order valence-corrected chi connectivity index (χ3v) is 4.78. The summed E-state index contributed by atoms with van der Waals surface area (Å²) >= 11 is 12.2. The molecule has 1 aliphatic rings. The van der Waals surface area contributed by atoms with Gasteiger partial charge in [-0.2, -0.15) is 0 Å². The van der Waals surface area contributed by atoms with E-state index >= 15 is 0 Å². The van der Waals surface area contributed by atoms with Gasteiger partial charge in [-0.05, 0) is 48.9 Å². The van der Waals surface area contributed by atoms with E-state index in [-0.39, 0.29) is 6.04 Å². The average Bonchev–Trinajstić information content (AvgIpc) is 2.56. The molecule has 0 saturated heterocycles. The van der Waals surface area contributed by atoms with Gasteiger partial charge in [0.15, 0.2) is 0 Å². The van der Waals surface area contributed by atoms with Gasteiger partial charge in [0.2, 0.25) is 0 Å². The van der Waals surface area contributed by atoms with E-state index in [1.54, 1.807) is 6.20 Å². The standard InChI is InChI=1S/C18H13Cl2N3/c1-10-17(11-4-5-13(19)14(20)9-11)23-18-12-3-2-8-21-15(12)6-7-16(18)22-10/h2-9,17,23H,1H3. The topological polar surface area (TPSA) is 37.3 Å². The van der Waals surface area contributed by atoms with E-state index in [4.69, 9.17) is 28.2 Å². The normalized spacial score (nSPS) is 16.7. The van der Waals surface area contributed by atoms with Crippen molar-refractivity contribution in [3.8, 4) is 0 Å². The molecule has 0 amide bonds. The maximum Gasteiger partial charge on any atom is 0.0898 e. The van der Waals surface area contributed by atoms with Crippen molar-refractivity contribution in [1.82, 2.24) is 4.98 Å². The average molecular weight is 342 g/mol. The van der Waals surface area contributed by atoms with Crippen LogP contribution in [0.15, 0.2) is 53.7 Å². The molecule has 2 aromatic carbocycles. The van der Waals surface area contributed by atoms with Crippen molar-refractivity contribution in [2.24, 2.45) is 4.99 Å². The Balaban J connectivity index is 1.85. The van der Waals surface area contributed by atoms with Crippen molar-refractivity contribution in [2.75, 3.05) is 5.32 Å². The number of pyridine rings is 1. The molecule has 1 unspecified atom stereocenters. The fourth-order valence-corrected chi connectivity index (χ4v) is 3.21. The Morgan fingerprint density at radius 2 is 1.91 bits per heavy atom. The first-order chi connectivity index (χ1) is 11.1. The minimum Gasteiger partial charge on any atom is -0.371 e. The van der Waals surface area contributed by atoms with Gasteiger partial charge in [0.1, 0.15) is 0 Å². The van der Waals surface area contributed by atoms with Crippen molar-refractivity contribution >= 4 is 51.2 Å². The number of halogens is 2. The molecule has 3 nitrogen and oxygen atoms in total. The largest absolute Gasteiger partial charge is 0.371 e. The van der Waals surface area contributed by atoms with Crippen molar-refractivity contribution in [1.29, 1.82) is 0 Å². The number of benzene rings is 2. The predicted molar refractivity (Wildman–Crippen MR) is 97.3 cm³/mol. The number of nitrogens with zero attached hydrogens (tertiary/aromatic N) is 2. The third kappa shape index (κ3) is 2.46. The van der Waals surface area contributed by atoms with Crippen LogP contribution in [0.25, 0.3) is 10.9 Å². The van der Waals surface area contributed by atoms with Gasteiger partial charge >= 0.3 is 0 Å². The van der Waals surface area contributed by atoms with Crippen LogP contribution in [0.4, 0.5) is 11.4 Å². The van der Waals surface area contributed by atoms with Crippen molar-refractivity contribution < 1.29 is 0 Å². The van der Waals surface area contributed by atoms with Crippen molar-refractivity contribution in [3.63, 3.8) is 0 Å². The van der Waals surface area contributed by atoms with E-state index in [1.807, 2.05) is 43.3 Å². The lowest BCUT2D eigenvalue weighted by Crippen LogP contribution is -2.22. The molecule has 1 aromatic heterocycles. The second-order valence-corrected chi connectivity index (χ2v) is 6.35. The van der Waals surface area contributed by atoms with Gasteiger partial charge in [0.05, 0.1) is 33.0 Å². The zero-order chi connectivity index (χ0) is 16.0. The Bertz CT molecular complexity index is 950. The third-order valence-electron chi connectivity index (χ3n) is 4.04. The summed E-state index contributed by atoms with van der Waals surface area (Å²) in [6, 6.07) is 13.6. The summed E-state index contributed by atoms with van der Waals surface area (Å²) in [4.78, 5) is 9.16. The van der Waals surface area contributed by atoms with Gasteiger partial charge < -0.3 is 5.32 Å². The van der Waals surface area contributed by atoms with Crippen LogP contribution < -0.4 is 5.32 Å². The van der Waals surface area contributed by atoms with Gasteiger partial charge in [0.25, 0.3) is 0 Å². The molecular weight excluding hydrogens is 329 g/mol. The number of nitrogens with one attached hydrogen (secondary N) is 1. The second-order valence-electron chi connectivity index (χ2n) is 5.53. The quantitative estimate of drug-likeness (QED) is 0.607. The van der Waals surface area contributed by atoms with Crippen LogP contribution in [0.2, 0.25) is 10.0 Å². The molecule has 3 aromatic rings. The first kappa shape index (κ1) is 14.5. The highest BCUT2D eigenvalue weighted by Gasteiger charge is 2.23. The smallest absolute Gasteiger partial charge is 0.0898 e. The van der Waals surface area contributed by atoms with Crippen LogP contribution in [0.5, 0.6) is 0 Å². The van der Waals surface area contributed by atoms with Crippen LogP contribution >= 0.6 is 23.2 Å². The zero-order valence-electron chi connectivity index (χ0n) is 12.3. The molecule has 4 rings (SSSR count). The molecular formula is C18H13Cl2N3.